The fourth-order valence-corrected chi connectivity index (χ4v) is 2.04. The third-order valence-electron chi connectivity index (χ3n) is 2.99. The quantitative estimate of drug-likeness (QED) is 0.741. The van der Waals surface area contributed by atoms with Crippen LogP contribution < -0.4 is 5.32 Å². The highest BCUT2D eigenvalue weighted by atomic mass is 15.2. The van der Waals surface area contributed by atoms with E-state index in [1.54, 1.807) is 0 Å². The average molecular weight is 264 g/mol. The second-order valence-corrected chi connectivity index (χ2v) is 5.15. The first-order valence-corrected chi connectivity index (χ1v) is 7.21. The van der Waals surface area contributed by atoms with Gasteiger partial charge in [-0.05, 0) is 46.1 Å². The zero-order valence-electron chi connectivity index (χ0n) is 12.8. The van der Waals surface area contributed by atoms with Crippen molar-refractivity contribution in [3.05, 3.63) is 24.0 Å². The Morgan fingerprint density at radius 3 is 2.58 bits per heavy atom. The van der Waals surface area contributed by atoms with Crippen LogP contribution in [0.4, 0.5) is 5.69 Å². The van der Waals surface area contributed by atoms with Crippen molar-refractivity contribution < 1.29 is 0 Å². The number of hydrogen-bond donors (Lipinski definition) is 1. The molecule has 4 nitrogen and oxygen atoms in total. The van der Waals surface area contributed by atoms with Gasteiger partial charge in [0.05, 0.1) is 5.69 Å². The van der Waals surface area contributed by atoms with Gasteiger partial charge in [-0.2, -0.15) is 0 Å². The predicted molar refractivity (Wildman–Crippen MR) is 82.5 cm³/mol. The van der Waals surface area contributed by atoms with Crippen molar-refractivity contribution >= 4 is 5.69 Å². The molecule has 0 saturated carbocycles. The van der Waals surface area contributed by atoms with Crippen molar-refractivity contribution in [2.45, 2.75) is 26.8 Å². The minimum atomic E-state index is 0.931. The summed E-state index contributed by atoms with van der Waals surface area (Å²) in [6, 6.07) is 4.18. The van der Waals surface area contributed by atoms with Gasteiger partial charge in [-0.3, -0.25) is 9.88 Å². The Labute approximate surface area is 117 Å². The van der Waals surface area contributed by atoms with E-state index in [4.69, 9.17) is 0 Å². The van der Waals surface area contributed by atoms with Gasteiger partial charge in [0.2, 0.25) is 0 Å². The molecule has 0 amide bonds. The first-order valence-electron chi connectivity index (χ1n) is 7.21. The van der Waals surface area contributed by atoms with Crippen LogP contribution in [0.5, 0.6) is 0 Å². The van der Waals surface area contributed by atoms with Crippen LogP contribution in [0.3, 0.4) is 0 Å². The van der Waals surface area contributed by atoms with Crippen LogP contribution in [0.2, 0.25) is 0 Å². The molecule has 1 aromatic heterocycles. The van der Waals surface area contributed by atoms with Crippen molar-refractivity contribution in [1.82, 2.24) is 14.8 Å². The van der Waals surface area contributed by atoms with Crippen molar-refractivity contribution in [2.24, 2.45) is 0 Å². The number of anilines is 1. The standard InChI is InChI=1S/C15H28N4/c1-5-9-19(11-10-18(3)4)13-15-12-14(16-6-2)7-8-17-15/h7-8,12H,5-6,9-11,13H2,1-4H3,(H,16,17). The molecule has 0 aliphatic rings. The van der Waals surface area contributed by atoms with Crippen molar-refractivity contribution in [2.75, 3.05) is 45.6 Å². The Morgan fingerprint density at radius 1 is 1.16 bits per heavy atom. The monoisotopic (exact) mass is 264 g/mol. The molecule has 0 fully saturated rings. The van der Waals surface area contributed by atoms with E-state index >= 15 is 0 Å². The van der Waals surface area contributed by atoms with Gasteiger partial charge in [-0.1, -0.05) is 6.92 Å². The number of rotatable bonds is 9. The molecule has 0 unspecified atom stereocenters. The summed E-state index contributed by atoms with van der Waals surface area (Å²) in [6.45, 7) is 9.53. The molecule has 19 heavy (non-hydrogen) atoms. The van der Waals surface area contributed by atoms with E-state index in [1.165, 1.54) is 6.42 Å². The molecule has 0 aliphatic heterocycles. The first kappa shape index (κ1) is 15.9. The number of nitrogens with one attached hydrogen (secondary N) is 1. The summed E-state index contributed by atoms with van der Waals surface area (Å²) >= 11 is 0. The van der Waals surface area contributed by atoms with Crippen molar-refractivity contribution in [1.29, 1.82) is 0 Å². The van der Waals surface area contributed by atoms with Crippen molar-refractivity contribution in [3.8, 4) is 0 Å². The number of likely N-dealkylation sites (N-methyl/N-ethyl adjacent to an activating group) is 1. The lowest BCUT2D eigenvalue weighted by Gasteiger charge is -2.23. The van der Waals surface area contributed by atoms with Gasteiger partial charge in [0, 0.05) is 38.1 Å². The summed E-state index contributed by atoms with van der Waals surface area (Å²) < 4.78 is 0. The molecule has 0 aromatic carbocycles. The molecule has 108 valence electrons. The van der Waals surface area contributed by atoms with Gasteiger partial charge >= 0.3 is 0 Å². The average Bonchev–Trinajstić information content (AvgIpc) is 2.37. The summed E-state index contributed by atoms with van der Waals surface area (Å²) in [5.74, 6) is 0. The van der Waals surface area contributed by atoms with E-state index in [0.29, 0.717) is 0 Å². The molecular weight excluding hydrogens is 236 g/mol. The van der Waals surface area contributed by atoms with Crippen LogP contribution in [0, 0.1) is 0 Å². The molecule has 0 aliphatic carbocycles. The molecule has 0 bridgehead atoms. The molecule has 0 atom stereocenters. The van der Waals surface area contributed by atoms with E-state index in [-0.39, 0.29) is 0 Å². The Kier molecular flexibility index (Phi) is 7.45. The normalized spacial score (nSPS) is 11.3. The number of hydrogen-bond acceptors (Lipinski definition) is 4. The summed E-state index contributed by atoms with van der Waals surface area (Å²) in [6.07, 6.45) is 3.07. The topological polar surface area (TPSA) is 31.4 Å². The van der Waals surface area contributed by atoms with Crippen LogP contribution in [0.1, 0.15) is 26.0 Å². The van der Waals surface area contributed by atoms with Gasteiger partial charge in [-0.15, -0.1) is 0 Å². The summed E-state index contributed by atoms with van der Waals surface area (Å²) in [5.41, 5.74) is 2.31. The Morgan fingerprint density at radius 2 is 1.95 bits per heavy atom. The van der Waals surface area contributed by atoms with Crippen LogP contribution in [-0.2, 0) is 6.54 Å². The third-order valence-corrected chi connectivity index (χ3v) is 2.99. The second kappa shape index (κ2) is 8.88. The maximum atomic E-state index is 4.48. The molecule has 0 spiro atoms. The highest BCUT2D eigenvalue weighted by Crippen LogP contribution is 2.10. The Balaban J connectivity index is 2.59. The van der Waals surface area contributed by atoms with Crippen LogP contribution in [-0.4, -0.2) is 55.1 Å². The lowest BCUT2D eigenvalue weighted by Crippen LogP contribution is -2.32. The minimum absolute atomic E-state index is 0.931. The van der Waals surface area contributed by atoms with Crippen LogP contribution in [0.25, 0.3) is 0 Å². The molecule has 1 heterocycles. The molecule has 1 aromatic rings. The number of aromatic nitrogens is 1. The highest BCUT2D eigenvalue weighted by molar-refractivity contribution is 5.42. The number of pyridine rings is 1. The molecule has 1 rings (SSSR count). The van der Waals surface area contributed by atoms with Gasteiger partial charge in [0.15, 0.2) is 0 Å². The van der Waals surface area contributed by atoms with Crippen LogP contribution >= 0.6 is 0 Å². The maximum Gasteiger partial charge on any atom is 0.0564 e. The minimum Gasteiger partial charge on any atom is -0.385 e. The van der Waals surface area contributed by atoms with E-state index < -0.39 is 0 Å². The van der Waals surface area contributed by atoms with Gasteiger partial charge in [-0.25, -0.2) is 0 Å². The van der Waals surface area contributed by atoms with E-state index in [0.717, 1.165) is 44.1 Å². The van der Waals surface area contributed by atoms with Crippen LogP contribution in [0.15, 0.2) is 18.3 Å². The SMILES string of the molecule is CCCN(CCN(C)C)Cc1cc(NCC)ccn1. The van der Waals surface area contributed by atoms with E-state index in [9.17, 15) is 0 Å². The third kappa shape index (κ3) is 6.55. The van der Waals surface area contributed by atoms with Gasteiger partial charge in [0.25, 0.3) is 0 Å². The molecule has 0 radical (unpaired) electrons. The van der Waals surface area contributed by atoms with E-state index in [2.05, 4.69) is 54.1 Å². The second-order valence-electron chi connectivity index (χ2n) is 5.15. The summed E-state index contributed by atoms with van der Waals surface area (Å²) in [7, 11) is 4.24. The molecule has 0 saturated heterocycles. The maximum absolute atomic E-state index is 4.48. The van der Waals surface area contributed by atoms with E-state index in [1.807, 2.05) is 12.3 Å². The lowest BCUT2D eigenvalue weighted by molar-refractivity contribution is 0.232. The van der Waals surface area contributed by atoms with Gasteiger partial charge in [0.1, 0.15) is 0 Å². The first-order chi connectivity index (χ1) is 9.15. The molecule has 1 N–H and O–H groups in total. The summed E-state index contributed by atoms with van der Waals surface area (Å²) in [5, 5.41) is 3.34. The Hall–Kier alpha value is -1.13. The fraction of sp³-hybridized carbons (Fsp3) is 0.667. The van der Waals surface area contributed by atoms with Crippen molar-refractivity contribution in [3.63, 3.8) is 0 Å². The molecule has 4 heteroatoms. The zero-order chi connectivity index (χ0) is 14.1. The largest absolute Gasteiger partial charge is 0.385 e. The number of nitrogens with zero attached hydrogens (tertiary/aromatic N) is 3. The summed E-state index contributed by atoms with van der Waals surface area (Å²) in [4.78, 5) is 9.17. The zero-order valence-corrected chi connectivity index (χ0v) is 12.8. The smallest absolute Gasteiger partial charge is 0.0564 e. The lowest BCUT2D eigenvalue weighted by atomic mass is 10.2. The highest BCUT2D eigenvalue weighted by Gasteiger charge is 2.07. The van der Waals surface area contributed by atoms with Gasteiger partial charge < -0.3 is 10.2 Å². The molecular formula is C15H28N4. The fourth-order valence-electron chi connectivity index (χ4n) is 2.04. The Bertz CT molecular complexity index is 352. The predicted octanol–water partition coefficient (Wildman–Crippen LogP) is 2.29.